The normalized spacial score (nSPS) is 11.7. The van der Waals surface area contributed by atoms with Crippen LogP contribution in [0, 0.1) is 6.92 Å². The molecule has 9 heteroatoms. The average molecular weight is 397 g/mol. The van der Waals surface area contributed by atoms with E-state index in [0.717, 1.165) is 22.5 Å². The predicted molar refractivity (Wildman–Crippen MR) is 106 cm³/mol. The van der Waals surface area contributed by atoms with Crippen LogP contribution in [0.15, 0.2) is 60.3 Å². The highest BCUT2D eigenvalue weighted by molar-refractivity contribution is 7.92. The van der Waals surface area contributed by atoms with Gasteiger partial charge in [-0.25, -0.2) is 9.97 Å². The summed E-state index contributed by atoms with van der Waals surface area (Å²) in [6.07, 6.45) is 6.70. The molecular formula is C19H19N5O3S. The van der Waals surface area contributed by atoms with Gasteiger partial charge in [0.2, 0.25) is 0 Å². The van der Waals surface area contributed by atoms with Gasteiger partial charge in [0, 0.05) is 31.2 Å². The molecule has 144 valence electrons. The van der Waals surface area contributed by atoms with Gasteiger partial charge in [0.1, 0.15) is 11.4 Å². The minimum Gasteiger partial charge on any atom is -0.495 e. The summed E-state index contributed by atoms with van der Waals surface area (Å²) in [6, 6.07) is 9.23. The summed E-state index contributed by atoms with van der Waals surface area (Å²) in [5, 5.41) is -0.0642. The smallest absolute Gasteiger partial charge is 0.281 e. The third-order valence-electron chi connectivity index (χ3n) is 4.31. The molecule has 8 nitrogen and oxygen atoms in total. The Bertz CT molecular complexity index is 1270. The quantitative estimate of drug-likeness (QED) is 0.559. The van der Waals surface area contributed by atoms with Gasteiger partial charge in [0.15, 0.2) is 5.03 Å². The first-order valence-electron chi connectivity index (χ1n) is 8.50. The molecule has 0 amide bonds. The van der Waals surface area contributed by atoms with E-state index in [9.17, 15) is 8.42 Å². The lowest BCUT2D eigenvalue weighted by atomic mass is 10.1. The number of nitrogens with zero attached hydrogens (tertiary/aromatic N) is 4. The summed E-state index contributed by atoms with van der Waals surface area (Å²) >= 11 is 0. The highest BCUT2D eigenvalue weighted by Crippen LogP contribution is 2.32. The van der Waals surface area contributed by atoms with Crippen LogP contribution in [0.2, 0.25) is 0 Å². The third kappa shape index (κ3) is 3.31. The number of anilines is 1. The molecule has 0 fully saturated rings. The van der Waals surface area contributed by atoms with Crippen LogP contribution in [0.1, 0.15) is 5.56 Å². The molecule has 0 spiro atoms. The second-order valence-corrected chi connectivity index (χ2v) is 8.12. The lowest BCUT2D eigenvalue weighted by Crippen LogP contribution is -2.14. The predicted octanol–water partition coefficient (Wildman–Crippen LogP) is 2.85. The summed E-state index contributed by atoms with van der Waals surface area (Å²) < 4.78 is 36.7. The van der Waals surface area contributed by atoms with Crippen LogP contribution in [0.25, 0.3) is 16.9 Å². The second-order valence-electron chi connectivity index (χ2n) is 6.49. The molecule has 0 radical (unpaired) electrons. The summed E-state index contributed by atoms with van der Waals surface area (Å²) in [5.74, 6) is 0.405. The molecule has 0 aliphatic heterocycles. The molecule has 3 heterocycles. The summed E-state index contributed by atoms with van der Waals surface area (Å²) in [4.78, 5) is 8.54. The van der Waals surface area contributed by atoms with Crippen molar-refractivity contribution in [2.45, 2.75) is 11.9 Å². The number of hydrogen-bond donors (Lipinski definition) is 1. The largest absolute Gasteiger partial charge is 0.495 e. The lowest BCUT2D eigenvalue weighted by molar-refractivity contribution is 0.417. The molecule has 0 aliphatic rings. The molecule has 1 N–H and O–H groups in total. The van der Waals surface area contributed by atoms with Crippen molar-refractivity contribution in [3.05, 3.63) is 60.8 Å². The molecule has 0 aliphatic carbocycles. The Morgan fingerprint density at radius 1 is 1.14 bits per heavy atom. The van der Waals surface area contributed by atoms with Crippen molar-refractivity contribution < 1.29 is 13.2 Å². The van der Waals surface area contributed by atoms with Gasteiger partial charge in [-0.05, 0) is 42.8 Å². The zero-order valence-electron chi connectivity index (χ0n) is 15.6. The Hall–Kier alpha value is -3.33. The number of nitrogens with one attached hydrogen (secondary N) is 1. The number of rotatable bonds is 5. The minimum absolute atomic E-state index is 0.0642. The standard InChI is InChI=1S/C19H19N5O3S/c1-13-6-7-24-10-16(21-18(24)8-13)14-4-5-17(27-3)15(9-14)22-28(25,26)19-11-23(2)12-20-19/h4-12,22H,1-3H3. The fourth-order valence-corrected chi connectivity index (χ4v) is 3.94. The first-order valence-corrected chi connectivity index (χ1v) is 9.98. The minimum atomic E-state index is -3.84. The van der Waals surface area contributed by atoms with Crippen molar-refractivity contribution in [1.82, 2.24) is 18.9 Å². The maximum absolute atomic E-state index is 12.6. The monoisotopic (exact) mass is 397 g/mol. The Morgan fingerprint density at radius 3 is 2.68 bits per heavy atom. The van der Waals surface area contributed by atoms with Gasteiger partial charge in [-0.3, -0.25) is 4.72 Å². The molecule has 4 aromatic rings. The fraction of sp³-hybridized carbons (Fsp3) is 0.158. The number of aromatic nitrogens is 4. The number of methoxy groups -OCH3 is 1. The highest BCUT2D eigenvalue weighted by atomic mass is 32.2. The molecule has 0 unspecified atom stereocenters. The Balaban J connectivity index is 1.75. The molecular weight excluding hydrogens is 378 g/mol. The maximum atomic E-state index is 12.6. The molecule has 4 rings (SSSR count). The number of hydrogen-bond acceptors (Lipinski definition) is 5. The van der Waals surface area contributed by atoms with Crippen molar-refractivity contribution in [3.8, 4) is 17.0 Å². The molecule has 0 bridgehead atoms. The Labute approximate surface area is 162 Å². The topological polar surface area (TPSA) is 90.5 Å². The van der Waals surface area contributed by atoms with Crippen LogP contribution in [-0.4, -0.2) is 34.5 Å². The van der Waals surface area contributed by atoms with E-state index >= 15 is 0 Å². The van der Waals surface area contributed by atoms with Crippen LogP contribution in [0.4, 0.5) is 5.69 Å². The summed E-state index contributed by atoms with van der Waals surface area (Å²) in [6.45, 7) is 2.01. The molecule has 0 saturated heterocycles. The number of aryl methyl sites for hydroxylation is 2. The number of fused-ring (bicyclic) bond motifs is 1. The molecule has 0 atom stereocenters. The van der Waals surface area contributed by atoms with E-state index in [2.05, 4.69) is 14.7 Å². The summed E-state index contributed by atoms with van der Waals surface area (Å²) in [7, 11) is -0.648. The molecule has 3 aromatic heterocycles. The van der Waals surface area contributed by atoms with Gasteiger partial charge >= 0.3 is 0 Å². The van der Waals surface area contributed by atoms with Gasteiger partial charge in [0.05, 0.1) is 24.8 Å². The van der Waals surface area contributed by atoms with Gasteiger partial charge in [-0.1, -0.05) is 0 Å². The van der Waals surface area contributed by atoms with E-state index in [4.69, 9.17) is 4.74 Å². The van der Waals surface area contributed by atoms with E-state index in [0.29, 0.717) is 11.4 Å². The van der Waals surface area contributed by atoms with E-state index in [-0.39, 0.29) is 5.03 Å². The number of ether oxygens (including phenoxy) is 1. The van der Waals surface area contributed by atoms with Crippen molar-refractivity contribution >= 4 is 21.4 Å². The van der Waals surface area contributed by atoms with Crippen LogP contribution in [-0.2, 0) is 17.1 Å². The SMILES string of the molecule is COc1ccc(-c2cn3ccc(C)cc3n2)cc1NS(=O)(=O)c1cn(C)cn1. The van der Waals surface area contributed by atoms with Crippen molar-refractivity contribution in [2.75, 3.05) is 11.8 Å². The van der Waals surface area contributed by atoms with Crippen LogP contribution in [0.5, 0.6) is 5.75 Å². The van der Waals surface area contributed by atoms with Gasteiger partial charge in [0.25, 0.3) is 10.0 Å². The number of pyridine rings is 1. The lowest BCUT2D eigenvalue weighted by Gasteiger charge is -2.12. The number of benzene rings is 1. The zero-order valence-corrected chi connectivity index (χ0v) is 16.4. The van der Waals surface area contributed by atoms with Crippen molar-refractivity contribution in [3.63, 3.8) is 0 Å². The highest BCUT2D eigenvalue weighted by Gasteiger charge is 2.20. The Kier molecular flexibility index (Phi) is 4.31. The van der Waals surface area contributed by atoms with E-state index in [1.54, 1.807) is 23.7 Å². The fourth-order valence-electron chi connectivity index (χ4n) is 2.89. The van der Waals surface area contributed by atoms with Crippen LogP contribution < -0.4 is 9.46 Å². The van der Waals surface area contributed by atoms with Crippen molar-refractivity contribution in [1.29, 1.82) is 0 Å². The van der Waals surface area contributed by atoms with E-state index in [1.807, 2.05) is 41.9 Å². The van der Waals surface area contributed by atoms with E-state index in [1.165, 1.54) is 19.6 Å². The van der Waals surface area contributed by atoms with Crippen molar-refractivity contribution in [2.24, 2.45) is 7.05 Å². The molecule has 28 heavy (non-hydrogen) atoms. The zero-order chi connectivity index (χ0) is 19.9. The number of sulfonamides is 1. The first kappa shape index (κ1) is 18.1. The second kappa shape index (κ2) is 6.68. The molecule has 0 saturated carbocycles. The van der Waals surface area contributed by atoms with E-state index < -0.39 is 10.0 Å². The third-order valence-corrected chi connectivity index (χ3v) is 5.56. The number of imidazole rings is 2. The maximum Gasteiger partial charge on any atom is 0.281 e. The summed E-state index contributed by atoms with van der Waals surface area (Å²) in [5.41, 5.74) is 3.75. The first-order chi connectivity index (χ1) is 13.4. The average Bonchev–Trinajstić information content (AvgIpc) is 3.27. The molecule has 1 aromatic carbocycles. The Morgan fingerprint density at radius 2 is 1.96 bits per heavy atom. The van der Waals surface area contributed by atoms with Crippen LogP contribution in [0.3, 0.4) is 0 Å². The van der Waals surface area contributed by atoms with Crippen LogP contribution >= 0.6 is 0 Å². The van der Waals surface area contributed by atoms with Gasteiger partial charge < -0.3 is 13.7 Å². The van der Waals surface area contributed by atoms with Gasteiger partial charge in [-0.15, -0.1) is 0 Å². The van der Waals surface area contributed by atoms with Gasteiger partial charge in [-0.2, -0.15) is 8.42 Å².